The molecule has 1 aromatic heterocycles. The van der Waals surface area contributed by atoms with Gasteiger partial charge < -0.3 is 4.74 Å². The van der Waals surface area contributed by atoms with Gasteiger partial charge in [0.25, 0.3) is 5.91 Å². The van der Waals surface area contributed by atoms with Crippen LogP contribution in [0.25, 0.3) is 10.2 Å². The van der Waals surface area contributed by atoms with Crippen LogP contribution >= 0.6 is 35.3 Å². The summed E-state index contributed by atoms with van der Waals surface area (Å²) in [5, 5.41) is 0.928. The number of rotatable bonds is 6. The molecule has 1 saturated heterocycles. The Morgan fingerprint density at radius 2 is 2.00 bits per heavy atom. The monoisotopic (exact) mass is 487 g/mol. The van der Waals surface area contributed by atoms with Gasteiger partial charge in [-0.15, -0.1) is 12.4 Å². The van der Waals surface area contributed by atoms with E-state index in [-0.39, 0.29) is 18.0 Å². The standard InChI is InChI=1S/C21H20ClF2N3O2S.ClH/c22-16-3-1-4-18-19(16)25-21(30-18)27(8-2-7-26-9-11-29-12-10-26)20(28)15-6-5-14(23)13-17(15)24;/h1,3-6,13H,2,7-12H2;1H. The van der Waals surface area contributed by atoms with Gasteiger partial charge in [0.1, 0.15) is 17.2 Å². The van der Waals surface area contributed by atoms with E-state index in [1.54, 1.807) is 6.07 Å². The number of anilines is 1. The summed E-state index contributed by atoms with van der Waals surface area (Å²) in [5.41, 5.74) is 0.415. The van der Waals surface area contributed by atoms with Crippen LogP contribution in [0.2, 0.25) is 5.02 Å². The third kappa shape index (κ3) is 5.51. The molecule has 1 aliphatic rings. The lowest BCUT2D eigenvalue weighted by molar-refractivity contribution is 0.0376. The van der Waals surface area contributed by atoms with Gasteiger partial charge in [-0.05, 0) is 30.7 Å². The van der Waals surface area contributed by atoms with Crippen molar-refractivity contribution in [3.63, 3.8) is 0 Å². The molecule has 10 heteroatoms. The van der Waals surface area contributed by atoms with Crippen molar-refractivity contribution in [1.29, 1.82) is 0 Å². The largest absolute Gasteiger partial charge is 0.379 e. The second-order valence-corrected chi connectivity index (χ2v) is 8.39. The quantitative estimate of drug-likeness (QED) is 0.489. The smallest absolute Gasteiger partial charge is 0.263 e. The molecule has 1 amide bonds. The Bertz CT molecular complexity index is 1060. The Morgan fingerprint density at radius 3 is 2.71 bits per heavy atom. The van der Waals surface area contributed by atoms with Crippen molar-refractivity contribution in [2.24, 2.45) is 0 Å². The molecule has 0 N–H and O–H groups in total. The zero-order valence-electron chi connectivity index (χ0n) is 16.5. The number of aromatic nitrogens is 1. The van der Waals surface area contributed by atoms with E-state index in [0.29, 0.717) is 47.9 Å². The first kappa shape index (κ1) is 23.8. The molecule has 5 nitrogen and oxygen atoms in total. The number of hydrogen-bond acceptors (Lipinski definition) is 5. The highest BCUT2D eigenvalue weighted by Crippen LogP contribution is 2.33. The van der Waals surface area contributed by atoms with Gasteiger partial charge in [-0.1, -0.05) is 29.0 Å². The molecule has 0 bridgehead atoms. The Kier molecular flexibility index (Phi) is 8.18. The van der Waals surface area contributed by atoms with Crippen molar-refractivity contribution in [1.82, 2.24) is 9.88 Å². The molecule has 0 saturated carbocycles. The molecule has 2 aromatic carbocycles. The van der Waals surface area contributed by atoms with Gasteiger partial charge in [-0.2, -0.15) is 0 Å². The fraction of sp³-hybridized carbons (Fsp3) is 0.333. The maximum atomic E-state index is 14.3. The summed E-state index contributed by atoms with van der Waals surface area (Å²) in [6, 6.07) is 8.39. The number of hydrogen-bond donors (Lipinski definition) is 0. The molecule has 3 aromatic rings. The zero-order valence-corrected chi connectivity index (χ0v) is 18.9. The minimum Gasteiger partial charge on any atom is -0.379 e. The first-order valence-corrected chi connectivity index (χ1v) is 10.8. The number of benzene rings is 2. The average Bonchev–Trinajstić information content (AvgIpc) is 3.17. The maximum absolute atomic E-state index is 14.3. The van der Waals surface area contributed by atoms with Crippen molar-refractivity contribution < 1.29 is 18.3 Å². The van der Waals surface area contributed by atoms with Crippen LogP contribution in [-0.4, -0.2) is 55.2 Å². The van der Waals surface area contributed by atoms with E-state index < -0.39 is 17.5 Å². The van der Waals surface area contributed by atoms with E-state index in [1.807, 2.05) is 12.1 Å². The minimum atomic E-state index is -0.891. The fourth-order valence-electron chi connectivity index (χ4n) is 3.39. The summed E-state index contributed by atoms with van der Waals surface area (Å²) in [6.07, 6.45) is 0.679. The normalized spacial score (nSPS) is 14.4. The van der Waals surface area contributed by atoms with Crippen molar-refractivity contribution >= 4 is 56.6 Å². The summed E-state index contributed by atoms with van der Waals surface area (Å²) in [6.45, 7) is 4.21. The van der Waals surface area contributed by atoms with Gasteiger partial charge >= 0.3 is 0 Å². The Morgan fingerprint density at radius 1 is 1.23 bits per heavy atom. The summed E-state index contributed by atoms with van der Waals surface area (Å²) in [7, 11) is 0. The van der Waals surface area contributed by atoms with Gasteiger partial charge in [-0.25, -0.2) is 13.8 Å². The molecule has 1 aliphatic heterocycles. The third-order valence-electron chi connectivity index (χ3n) is 4.96. The summed E-state index contributed by atoms with van der Waals surface area (Å²) < 4.78 is 33.8. The SMILES string of the molecule is Cl.O=C(c1ccc(F)cc1F)N(CCCN1CCOCC1)c1nc2c(Cl)cccc2s1. The number of nitrogens with zero attached hydrogens (tertiary/aromatic N) is 3. The third-order valence-corrected chi connectivity index (χ3v) is 6.30. The van der Waals surface area contributed by atoms with Crippen LogP contribution in [0.3, 0.4) is 0 Å². The number of para-hydroxylation sites is 1. The highest BCUT2D eigenvalue weighted by Gasteiger charge is 2.24. The highest BCUT2D eigenvalue weighted by atomic mass is 35.5. The molecule has 0 spiro atoms. The predicted molar refractivity (Wildman–Crippen MR) is 122 cm³/mol. The van der Waals surface area contributed by atoms with Crippen molar-refractivity contribution in [2.45, 2.75) is 6.42 Å². The lowest BCUT2D eigenvalue weighted by Crippen LogP contribution is -2.39. The van der Waals surface area contributed by atoms with Crippen LogP contribution in [0.5, 0.6) is 0 Å². The topological polar surface area (TPSA) is 45.7 Å². The molecule has 0 aliphatic carbocycles. The summed E-state index contributed by atoms with van der Waals surface area (Å²) in [4.78, 5) is 21.4. The first-order valence-electron chi connectivity index (χ1n) is 9.65. The van der Waals surface area contributed by atoms with Gasteiger partial charge in [0.15, 0.2) is 5.13 Å². The number of carbonyl (C=O) groups excluding carboxylic acids is 1. The first-order chi connectivity index (χ1) is 14.5. The number of carbonyl (C=O) groups is 1. The zero-order chi connectivity index (χ0) is 21.1. The number of fused-ring (bicyclic) bond motifs is 1. The second kappa shape index (κ2) is 10.7. The number of morpholine rings is 1. The molecule has 0 unspecified atom stereocenters. The van der Waals surface area contributed by atoms with E-state index in [9.17, 15) is 13.6 Å². The molecule has 166 valence electrons. The van der Waals surface area contributed by atoms with E-state index in [1.165, 1.54) is 22.3 Å². The Labute approximate surface area is 194 Å². The number of ether oxygens (including phenoxy) is 1. The molecule has 1 fully saturated rings. The van der Waals surface area contributed by atoms with Gasteiger partial charge in [0.05, 0.1) is 28.5 Å². The number of halogens is 4. The van der Waals surface area contributed by atoms with Gasteiger partial charge in [-0.3, -0.25) is 14.6 Å². The average molecular weight is 488 g/mol. The lowest BCUT2D eigenvalue weighted by Gasteiger charge is -2.27. The van der Waals surface area contributed by atoms with Crippen molar-refractivity contribution in [3.05, 3.63) is 58.6 Å². The van der Waals surface area contributed by atoms with Crippen LogP contribution < -0.4 is 4.90 Å². The van der Waals surface area contributed by atoms with Crippen LogP contribution in [-0.2, 0) is 4.74 Å². The van der Waals surface area contributed by atoms with Crippen LogP contribution in [0.15, 0.2) is 36.4 Å². The number of amides is 1. The molecule has 0 radical (unpaired) electrons. The Balaban J connectivity index is 0.00000272. The van der Waals surface area contributed by atoms with E-state index in [4.69, 9.17) is 16.3 Å². The lowest BCUT2D eigenvalue weighted by atomic mass is 10.1. The summed E-state index contributed by atoms with van der Waals surface area (Å²) >= 11 is 7.56. The molecule has 0 atom stereocenters. The van der Waals surface area contributed by atoms with E-state index in [0.717, 1.165) is 30.4 Å². The molecule has 2 heterocycles. The molecule has 31 heavy (non-hydrogen) atoms. The highest BCUT2D eigenvalue weighted by molar-refractivity contribution is 7.22. The van der Waals surface area contributed by atoms with Crippen LogP contribution in [0.4, 0.5) is 13.9 Å². The van der Waals surface area contributed by atoms with Crippen molar-refractivity contribution in [2.75, 3.05) is 44.3 Å². The van der Waals surface area contributed by atoms with Crippen molar-refractivity contribution in [3.8, 4) is 0 Å². The molecular formula is C21H21Cl2F2N3O2S. The second-order valence-electron chi connectivity index (χ2n) is 6.97. The van der Waals surface area contributed by atoms with E-state index >= 15 is 0 Å². The molecule has 4 rings (SSSR count). The minimum absolute atomic E-state index is 0. The predicted octanol–water partition coefficient (Wildman–Crippen LogP) is 5.02. The van der Waals surface area contributed by atoms with Gasteiger partial charge in [0.2, 0.25) is 0 Å². The summed E-state index contributed by atoms with van der Waals surface area (Å²) in [5.74, 6) is -2.17. The Hall–Kier alpha value is -1.84. The van der Waals surface area contributed by atoms with E-state index in [2.05, 4.69) is 9.88 Å². The van der Waals surface area contributed by atoms with Gasteiger partial charge in [0, 0.05) is 32.2 Å². The van der Waals surface area contributed by atoms with Crippen LogP contribution in [0.1, 0.15) is 16.8 Å². The van der Waals surface area contributed by atoms with Crippen LogP contribution in [0, 0.1) is 11.6 Å². The molecular weight excluding hydrogens is 467 g/mol. The maximum Gasteiger partial charge on any atom is 0.263 e. The fourth-order valence-corrected chi connectivity index (χ4v) is 4.68. The number of thiazole rings is 1.